The minimum Gasteiger partial charge on any atom is -0.396 e. The van der Waals surface area contributed by atoms with Crippen LogP contribution < -0.4 is 0 Å². The molecule has 1 spiro atoms. The molecular weight excluding hydrogens is 1240 g/mol. The summed E-state index contributed by atoms with van der Waals surface area (Å²) in [5, 5.41) is 177. The van der Waals surface area contributed by atoms with Crippen molar-refractivity contribution < 1.29 is 153 Å². The van der Waals surface area contributed by atoms with E-state index >= 15 is 0 Å². The second-order valence-electron chi connectivity index (χ2n) is 28.7. The van der Waals surface area contributed by atoms with E-state index in [1.807, 2.05) is 13.8 Å². The number of ether oxygens (including phenoxy) is 13. The van der Waals surface area contributed by atoms with Gasteiger partial charge in [0.2, 0.25) is 0 Å². The van der Waals surface area contributed by atoms with E-state index in [0.717, 1.165) is 5.57 Å². The summed E-state index contributed by atoms with van der Waals surface area (Å²) in [5.41, 5.74) is -1.48. The highest BCUT2D eigenvalue weighted by Crippen LogP contribution is 2.74. The number of aliphatic hydroxyl groups is 16. The quantitative estimate of drug-likeness (QED) is 0.0570. The Morgan fingerprint density at radius 2 is 1.09 bits per heavy atom. The average molecular weight is 1340 g/mol. The molecule has 36 atom stereocenters. The number of carbonyl (C=O) groups excluding carboxylic acids is 2. The van der Waals surface area contributed by atoms with Crippen molar-refractivity contribution in [2.75, 3.05) is 39.6 Å². The van der Waals surface area contributed by atoms with Gasteiger partial charge in [0.1, 0.15) is 134 Å². The molecule has 0 aromatic heterocycles. The van der Waals surface area contributed by atoms with Crippen LogP contribution in [-0.2, 0) is 71.2 Å². The third-order valence-corrected chi connectivity index (χ3v) is 23.7. The topological polar surface area (TPSA) is 478 Å². The minimum atomic E-state index is -2.07. The van der Waals surface area contributed by atoms with Gasteiger partial charge in [0.25, 0.3) is 0 Å². The van der Waals surface area contributed by atoms with Crippen molar-refractivity contribution in [2.45, 2.75) is 290 Å². The van der Waals surface area contributed by atoms with Gasteiger partial charge in [0.15, 0.2) is 43.5 Å². The van der Waals surface area contributed by atoms with Gasteiger partial charge in [0.05, 0.1) is 62.9 Å². The van der Waals surface area contributed by atoms with Crippen molar-refractivity contribution in [1.29, 1.82) is 0 Å². The molecule has 0 radical (unpaired) electrons. The molecule has 0 amide bonds. The predicted octanol–water partition coefficient (Wildman–Crippen LogP) is -5.34. The van der Waals surface area contributed by atoms with Gasteiger partial charge in [-0.05, 0) is 76.0 Å². The van der Waals surface area contributed by atoms with Crippen molar-refractivity contribution in [2.24, 2.45) is 33.5 Å². The highest BCUT2D eigenvalue weighted by atomic mass is 16.8. The summed E-state index contributed by atoms with van der Waals surface area (Å²) in [6, 6.07) is 0. The molecule has 16 N–H and O–H groups in total. The lowest BCUT2D eigenvalue weighted by molar-refractivity contribution is -0.407. The number of fused-ring (bicyclic) bond motifs is 5. The Labute approximate surface area is 537 Å². The molecule has 0 aromatic carbocycles. The maximum absolute atomic E-state index is 14.8. The van der Waals surface area contributed by atoms with E-state index < -0.39 is 238 Å². The van der Waals surface area contributed by atoms with Gasteiger partial charge < -0.3 is 143 Å². The third kappa shape index (κ3) is 12.0. The van der Waals surface area contributed by atoms with Crippen LogP contribution in [-0.4, -0.2) is 317 Å². The molecule has 0 aromatic rings. The van der Waals surface area contributed by atoms with Gasteiger partial charge in [-0.15, -0.1) is 0 Å². The van der Waals surface area contributed by atoms with E-state index in [9.17, 15) is 91.3 Å². The summed E-state index contributed by atoms with van der Waals surface area (Å²) in [7, 11) is 0. The predicted molar refractivity (Wildman–Crippen MR) is 306 cm³/mol. The summed E-state index contributed by atoms with van der Waals surface area (Å²) in [4.78, 5) is 27.8. The first-order valence-corrected chi connectivity index (χ1v) is 32.8. The summed E-state index contributed by atoms with van der Waals surface area (Å²) < 4.78 is 79.2. The average Bonchev–Trinajstić information content (AvgIpc) is 1.55. The molecule has 11 rings (SSSR count). The zero-order chi connectivity index (χ0) is 67.5. The number of Topliss-reactive ketones (excluding diaryl/α,β-unsaturated/α-hetero) is 2. The molecule has 31 heteroatoms. The van der Waals surface area contributed by atoms with E-state index in [-0.39, 0.29) is 36.4 Å². The normalized spacial score (nSPS) is 54.3. The SMILES string of the molecule is CCC(=O)C1CC(C)C2(CC(=O)C3(C)C4=C(CCC32C)C2(C)CCC(OC3OC(COC5OCC(O)C(O)C5OC5OC(CO)C(O)C(OC6OCC(O)C(O)C6OC6OC(CO)C(O)C6O)C5OC5OC(C)C(O)C(O)C5O)C(O)C(O)C3O)C(C)(CO)C2CC4)O1. The van der Waals surface area contributed by atoms with Crippen LogP contribution in [0.2, 0.25) is 0 Å². The molecule has 7 saturated heterocycles. The van der Waals surface area contributed by atoms with E-state index in [2.05, 4.69) is 27.7 Å². The van der Waals surface area contributed by atoms with Gasteiger partial charge in [-0.3, -0.25) is 9.59 Å². The van der Waals surface area contributed by atoms with Gasteiger partial charge in [-0.2, -0.15) is 0 Å². The zero-order valence-electron chi connectivity index (χ0n) is 53.3. The first-order valence-electron chi connectivity index (χ1n) is 32.8. The fourth-order valence-electron chi connectivity index (χ4n) is 17.8. The number of hydrogen-bond acceptors (Lipinski definition) is 31. The van der Waals surface area contributed by atoms with Gasteiger partial charge in [-0.1, -0.05) is 45.8 Å². The van der Waals surface area contributed by atoms with E-state index in [1.54, 1.807) is 0 Å². The van der Waals surface area contributed by atoms with Crippen LogP contribution in [0, 0.1) is 33.5 Å². The second-order valence-corrected chi connectivity index (χ2v) is 28.7. The number of carbonyl (C=O) groups is 2. The van der Waals surface area contributed by atoms with Gasteiger partial charge in [0, 0.05) is 23.7 Å². The molecule has 7 heterocycles. The smallest absolute Gasteiger partial charge is 0.187 e. The van der Waals surface area contributed by atoms with E-state index in [4.69, 9.17) is 61.6 Å². The monoisotopic (exact) mass is 1340 g/mol. The largest absolute Gasteiger partial charge is 0.396 e. The molecule has 2 saturated carbocycles. The van der Waals surface area contributed by atoms with Crippen molar-refractivity contribution >= 4 is 11.6 Å². The van der Waals surface area contributed by atoms with Crippen LogP contribution in [0.25, 0.3) is 0 Å². The minimum absolute atomic E-state index is 0.0259. The number of rotatable bonds is 18. The molecule has 0 bridgehead atoms. The molecular formula is C62H98O31. The first-order chi connectivity index (χ1) is 43.9. The summed E-state index contributed by atoms with van der Waals surface area (Å²) in [6.07, 6.45) is -45.7. The van der Waals surface area contributed by atoms with Crippen LogP contribution in [0.5, 0.6) is 0 Å². The third-order valence-electron chi connectivity index (χ3n) is 23.7. The number of allylic oxidation sites excluding steroid dienone is 2. The Kier molecular flexibility index (Phi) is 21.3. The second kappa shape index (κ2) is 27.5. The van der Waals surface area contributed by atoms with Crippen LogP contribution in [0.3, 0.4) is 0 Å². The molecule has 36 unspecified atom stereocenters. The Balaban J connectivity index is 0.815. The molecule has 11 aliphatic rings. The maximum Gasteiger partial charge on any atom is 0.187 e. The fraction of sp³-hybridized carbons (Fsp3) is 0.935. The van der Waals surface area contributed by atoms with Gasteiger partial charge >= 0.3 is 0 Å². The summed E-state index contributed by atoms with van der Waals surface area (Å²) in [5.74, 6) is -0.105. The molecule has 9 fully saturated rings. The van der Waals surface area contributed by atoms with Crippen molar-refractivity contribution in [3.05, 3.63) is 11.1 Å². The highest BCUT2D eigenvalue weighted by molar-refractivity contribution is 5.94. The van der Waals surface area contributed by atoms with Crippen LogP contribution in [0.1, 0.15) is 106 Å². The lowest BCUT2D eigenvalue weighted by Gasteiger charge is -2.63. The van der Waals surface area contributed by atoms with Crippen molar-refractivity contribution in [1.82, 2.24) is 0 Å². The molecule has 532 valence electrons. The number of hydrogen-bond donors (Lipinski definition) is 16. The Bertz CT molecular complexity index is 2660. The Morgan fingerprint density at radius 1 is 0.548 bits per heavy atom. The Morgan fingerprint density at radius 3 is 1.72 bits per heavy atom. The zero-order valence-corrected chi connectivity index (χ0v) is 53.3. The van der Waals surface area contributed by atoms with E-state index in [1.165, 1.54) is 12.5 Å². The maximum atomic E-state index is 14.8. The fourth-order valence-corrected chi connectivity index (χ4v) is 17.8. The molecule has 7 aliphatic heterocycles. The number of aliphatic hydroxyl groups excluding tert-OH is 16. The van der Waals surface area contributed by atoms with Crippen molar-refractivity contribution in [3.8, 4) is 0 Å². The summed E-state index contributed by atoms with van der Waals surface area (Å²) >= 11 is 0. The number of ketones is 2. The van der Waals surface area contributed by atoms with Crippen LogP contribution in [0.4, 0.5) is 0 Å². The molecule has 93 heavy (non-hydrogen) atoms. The lowest BCUT2D eigenvalue weighted by atomic mass is 9.42. The van der Waals surface area contributed by atoms with Gasteiger partial charge in [-0.25, -0.2) is 0 Å². The van der Waals surface area contributed by atoms with Crippen molar-refractivity contribution in [3.63, 3.8) is 0 Å². The lowest BCUT2D eigenvalue weighted by Crippen LogP contribution is -2.68. The Hall–Kier alpha value is -2.08. The summed E-state index contributed by atoms with van der Waals surface area (Å²) in [6.45, 7) is 9.46. The van der Waals surface area contributed by atoms with E-state index in [0.29, 0.717) is 51.4 Å². The standard InChI is InChI=1S/C62H98O31/c1-8-27(66)30-15-23(2)62(93-30)16-35(69)61(7)26-9-10-34-58(4,25(26)11-14-60(61,62)6)13-12-36(59(34,5)22-65)88-53-47(80)44(77)41(74)33(87-53)21-83-55-49(38(71)28(67)19-81-55)91-57-51(92-52-46(79)43(76)37(70)24(3)84-52)48(42(75)32(18-64)86-57)89-56-50(39(72)29(68)20-82-56)90-54-45(78)40(73)31(17-63)85-54/h23-24,28-34,36-57,63-65,67-68,70-80H,8-22H2,1-7H3. The van der Waals surface area contributed by atoms with Crippen LogP contribution >= 0.6 is 0 Å². The first kappa shape index (κ1) is 72.2. The highest BCUT2D eigenvalue weighted by Gasteiger charge is 2.75. The van der Waals surface area contributed by atoms with Crippen LogP contribution in [0.15, 0.2) is 11.1 Å². The molecule has 31 nitrogen and oxygen atoms in total. The molecule has 4 aliphatic carbocycles.